The highest BCUT2D eigenvalue weighted by molar-refractivity contribution is 7.92. The van der Waals surface area contributed by atoms with E-state index in [-0.39, 0.29) is 10.5 Å². The van der Waals surface area contributed by atoms with Crippen molar-refractivity contribution in [3.05, 3.63) is 59.7 Å². The zero-order chi connectivity index (χ0) is 18.9. The smallest absolute Gasteiger partial charge is 0.205 e. The molecular formula is C20H23NO4S. The van der Waals surface area contributed by atoms with Crippen LogP contribution < -0.4 is 4.74 Å². The summed E-state index contributed by atoms with van der Waals surface area (Å²) >= 11 is 0. The van der Waals surface area contributed by atoms with Crippen LogP contribution in [0.4, 0.5) is 0 Å². The van der Waals surface area contributed by atoms with E-state index >= 15 is 0 Å². The van der Waals surface area contributed by atoms with E-state index in [0.717, 1.165) is 11.3 Å². The monoisotopic (exact) mass is 373 g/mol. The second-order valence-electron chi connectivity index (χ2n) is 7.30. The Labute approximate surface area is 154 Å². The number of hydrogen-bond acceptors (Lipinski definition) is 5. The third-order valence-electron chi connectivity index (χ3n) is 4.02. The Hall–Kier alpha value is -2.34. The Morgan fingerprint density at radius 3 is 2.31 bits per heavy atom. The number of rotatable bonds is 4. The maximum Gasteiger partial charge on any atom is 0.205 e. The average Bonchev–Trinajstić information content (AvgIpc) is 3.05. The second kappa shape index (κ2) is 6.76. The van der Waals surface area contributed by atoms with Gasteiger partial charge in [0.15, 0.2) is 17.9 Å². The fraction of sp³-hybridized carbons (Fsp3) is 0.350. The Morgan fingerprint density at radius 1 is 1.04 bits per heavy atom. The van der Waals surface area contributed by atoms with E-state index in [2.05, 4.69) is 4.99 Å². The van der Waals surface area contributed by atoms with Gasteiger partial charge in [-0.05, 0) is 57.0 Å². The highest BCUT2D eigenvalue weighted by Gasteiger charge is 2.40. The zero-order valence-electron chi connectivity index (χ0n) is 15.3. The summed E-state index contributed by atoms with van der Waals surface area (Å²) in [5.41, 5.74) is 1.14. The Bertz CT molecular complexity index is 912. The molecule has 1 heterocycles. The molecule has 0 spiro atoms. The van der Waals surface area contributed by atoms with Crippen LogP contribution in [0.25, 0.3) is 0 Å². The van der Waals surface area contributed by atoms with Gasteiger partial charge in [0.1, 0.15) is 11.4 Å². The number of nitrogens with zero attached hydrogens (tertiary/aromatic N) is 1. The van der Waals surface area contributed by atoms with Gasteiger partial charge in [-0.2, -0.15) is 0 Å². The van der Waals surface area contributed by atoms with Crippen LogP contribution in [0.5, 0.6) is 5.75 Å². The van der Waals surface area contributed by atoms with Crippen molar-refractivity contribution in [3.63, 3.8) is 0 Å². The molecule has 2 atom stereocenters. The third kappa shape index (κ3) is 3.75. The van der Waals surface area contributed by atoms with Crippen molar-refractivity contribution in [1.82, 2.24) is 0 Å². The molecule has 2 aromatic carbocycles. The maximum absolute atomic E-state index is 13.1. The van der Waals surface area contributed by atoms with Crippen molar-refractivity contribution in [2.24, 2.45) is 4.99 Å². The van der Waals surface area contributed by atoms with Crippen molar-refractivity contribution in [2.45, 2.75) is 49.7 Å². The predicted molar refractivity (Wildman–Crippen MR) is 101 cm³/mol. The van der Waals surface area contributed by atoms with Gasteiger partial charge in [0.25, 0.3) is 0 Å². The number of benzene rings is 2. The third-order valence-corrected chi connectivity index (χ3v) is 6.10. The van der Waals surface area contributed by atoms with E-state index in [4.69, 9.17) is 9.47 Å². The molecule has 3 rings (SSSR count). The molecule has 1 aliphatic heterocycles. The Kier molecular flexibility index (Phi) is 4.80. The Morgan fingerprint density at radius 2 is 1.69 bits per heavy atom. The van der Waals surface area contributed by atoms with Gasteiger partial charge >= 0.3 is 0 Å². The molecule has 0 bridgehead atoms. The lowest BCUT2D eigenvalue weighted by Gasteiger charge is -2.22. The summed E-state index contributed by atoms with van der Waals surface area (Å²) in [6.07, 6.45) is 0.549. The minimum Gasteiger partial charge on any atom is -0.488 e. The van der Waals surface area contributed by atoms with Crippen LogP contribution in [-0.2, 0) is 14.6 Å². The molecule has 0 amide bonds. The van der Waals surface area contributed by atoms with Crippen LogP contribution in [0.3, 0.4) is 0 Å². The minimum atomic E-state index is -3.66. The normalized spacial score (nSPS) is 20.0. The van der Waals surface area contributed by atoms with Gasteiger partial charge in [-0.1, -0.05) is 30.3 Å². The van der Waals surface area contributed by atoms with Gasteiger partial charge in [0.2, 0.25) is 9.84 Å². The van der Waals surface area contributed by atoms with Crippen molar-refractivity contribution < 1.29 is 17.9 Å². The van der Waals surface area contributed by atoms with Gasteiger partial charge < -0.3 is 9.47 Å². The molecule has 0 fully saturated rings. The van der Waals surface area contributed by atoms with Crippen LogP contribution in [0, 0.1) is 6.92 Å². The van der Waals surface area contributed by atoms with Gasteiger partial charge in [-0.25, -0.2) is 13.4 Å². The fourth-order valence-electron chi connectivity index (χ4n) is 2.88. The molecule has 0 radical (unpaired) electrons. The van der Waals surface area contributed by atoms with Crippen LogP contribution in [0.2, 0.25) is 0 Å². The summed E-state index contributed by atoms with van der Waals surface area (Å²) in [6, 6.07) is 14.2. The number of ether oxygens (including phenoxy) is 2. The van der Waals surface area contributed by atoms with Crippen molar-refractivity contribution in [3.8, 4) is 5.75 Å². The molecule has 1 aliphatic rings. The summed E-state index contributed by atoms with van der Waals surface area (Å²) in [5.74, 6) is 0.721. The first-order valence-electron chi connectivity index (χ1n) is 8.44. The molecule has 5 nitrogen and oxygen atoms in total. The van der Waals surface area contributed by atoms with Gasteiger partial charge in [0, 0.05) is 0 Å². The molecule has 0 saturated carbocycles. The van der Waals surface area contributed by atoms with E-state index in [9.17, 15) is 8.42 Å². The molecule has 26 heavy (non-hydrogen) atoms. The largest absolute Gasteiger partial charge is 0.488 e. The average molecular weight is 373 g/mol. The molecule has 0 N–H and O–H groups in total. The SMILES string of the molecule is Cc1ccccc1S(=O)(=O)[C@H]1N=CO[C@H]1c1ccc(OC(C)(C)C)cc1. The summed E-state index contributed by atoms with van der Waals surface area (Å²) in [7, 11) is -3.66. The number of sulfone groups is 1. The summed E-state index contributed by atoms with van der Waals surface area (Å²) < 4.78 is 37.5. The number of aryl methyl sites for hydroxylation is 1. The van der Waals surface area contributed by atoms with Gasteiger partial charge in [0.05, 0.1) is 4.90 Å². The zero-order valence-corrected chi connectivity index (χ0v) is 16.2. The molecule has 0 unspecified atom stereocenters. The molecule has 0 saturated heterocycles. The predicted octanol–water partition coefficient (Wildman–Crippen LogP) is 4.07. The maximum atomic E-state index is 13.1. The standard InChI is InChI=1S/C20H23NO4S/c1-14-7-5-6-8-17(14)26(22,23)19-18(24-13-21-19)15-9-11-16(12-10-15)25-20(2,3)4/h5-13,18-19H,1-4H3/t18-,19+/m0/s1. The Balaban J connectivity index is 1.89. The number of aliphatic imine (C=N–C) groups is 1. The van der Waals surface area contributed by atoms with Crippen molar-refractivity contribution in [1.29, 1.82) is 0 Å². The van der Waals surface area contributed by atoms with E-state index in [1.165, 1.54) is 6.40 Å². The van der Waals surface area contributed by atoms with E-state index < -0.39 is 21.3 Å². The topological polar surface area (TPSA) is 65.0 Å². The molecule has 0 aromatic heterocycles. The first-order chi connectivity index (χ1) is 12.2. The van der Waals surface area contributed by atoms with E-state index in [0.29, 0.717) is 5.56 Å². The number of hydrogen-bond donors (Lipinski definition) is 0. The first kappa shape index (κ1) is 18.5. The van der Waals surface area contributed by atoms with Crippen molar-refractivity contribution in [2.75, 3.05) is 0 Å². The molecule has 2 aromatic rings. The summed E-state index contributed by atoms with van der Waals surface area (Å²) in [5, 5.41) is -1.00. The van der Waals surface area contributed by atoms with E-state index in [1.54, 1.807) is 25.1 Å². The van der Waals surface area contributed by atoms with E-state index in [1.807, 2.05) is 51.1 Å². The summed E-state index contributed by atoms with van der Waals surface area (Å²) in [4.78, 5) is 4.38. The quantitative estimate of drug-likeness (QED) is 0.810. The minimum absolute atomic E-state index is 0.283. The van der Waals surface area contributed by atoms with Crippen LogP contribution in [-0.4, -0.2) is 25.8 Å². The molecule has 0 aliphatic carbocycles. The lowest BCUT2D eigenvalue weighted by atomic mass is 10.1. The van der Waals surface area contributed by atoms with Crippen LogP contribution in [0.1, 0.15) is 38.0 Å². The summed E-state index contributed by atoms with van der Waals surface area (Å²) in [6.45, 7) is 7.69. The molecular weight excluding hydrogens is 350 g/mol. The lowest BCUT2D eigenvalue weighted by molar-refractivity contribution is 0.131. The highest BCUT2D eigenvalue weighted by Crippen LogP contribution is 2.35. The highest BCUT2D eigenvalue weighted by atomic mass is 32.2. The van der Waals surface area contributed by atoms with Crippen LogP contribution in [0.15, 0.2) is 58.4 Å². The second-order valence-corrected chi connectivity index (χ2v) is 9.31. The van der Waals surface area contributed by atoms with Gasteiger partial charge in [-0.15, -0.1) is 0 Å². The van der Waals surface area contributed by atoms with Crippen LogP contribution >= 0.6 is 0 Å². The van der Waals surface area contributed by atoms with Gasteiger partial charge in [-0.3, -0.25) is 0 Å². The first-order valence-corrected chi connectivity index (χ1v) is 9.99. The van der Waals surface area contributed by atoms with Crippen molar-refractivity contribution >= 4 is 16.2 Å². The molecule has 138 valence electrons. The lowest BCUT2D eigenvalue weighted by Crippen LogP contribution is -2.25. The fourth-order valence-corrected chi connectivity index (χ4v) is 4.68. The molecule has 6 heteroatoms.